The summed E-state index contributed by atoms with van der Waals surface area (Å²) in [6.45, 7) is 0.945. The Labute approximate surface area is 78.4 Å². The predicted molar refractivity (Wildman–Crippen MR) is 47.9 cm³/mol. The highest BCUT2D eigenvalue weighted by Gasteiger charge is 2.33. The number of hydrogen-bond acceptors (Lipinski definition) is 4. The molecule has 1 aliphatic heterocycles. The van der Waals surface area contributed by atoms with Crippen molar-refractivity contribution < 1.29 is 18.3 Å². The first-order valence-electron chi connectivity index (χ1n) is 4.21. The van der Waals surface area contributed by atoms with Gasteiger partial charge in [-0.15, -0.1) is 0 Å². The number of methoxy groups -OCH3 is 1. The van der Waals surface area contributed by atoms with Crippen molar-refractivity contribution in [1.29, 1.82) is 0 Å². The van der Waals surface area contributed by atoms with Crippen LogP contribution < -0.4 is 0 Å². The predicted octanol–water partition coefficient (Wildman–Crippen LogP) is -0.971. The van der Waals surface area contributed by atoms with Crippen molar-refractivity contribution in [3.63, 3.8) is 0 Å². The molecule has 0 amide bonds. The first kappa shape index (κ1) is 10.9. The smallest absolute Gasteiger partial charge is 0.214 e. The lowest BCUT2D eigenvalue weighted by molar-refractivity contribution is 0.0546. The van der Waals surface area contributed by atoms with E-state index in [1.165, 1.54) is 4.31 Å². The third-order valence-electron chi connectivity index (χ3n) is 1.97. The van der Waals surface area contributed by atoms with E-state index in [-0.39, 0.29) is 18.8 Å². The number of β-amino-alcohol motifs (C(OH)–C–C–N with tert-alkyl or cyclic N) is 1. The molecule has 1 rings (SSSR count). The van der Waals surface area contributed by atoms with Crippen LogP contribution in [0.15, 0.2) is 0 Å². The Morgan fingerprint density at radius 1 is 1.54 bits per heavy atom. The zero-order valence-electron chi connectivity index (χ0n) is 7.64. The number of rotatable bonds is 5. The quantitative estimate of drug-likeness (QED) is 0.592. The number of sulfonamides is 1. The van der Waals surface area contributed by atoms with Crippen LogP contribution in [0, 0.1) is 0 Å². The summed E-state index contributed by atoms with van der Waals surface area (Å²) in [6.07, 6.45) is 0.0306. The van der Waals surface area contributed by atoms with Gasteiger partial charge in [-0.25, -0.2) is 8.42 Å². The van der Waals surface area contributed by atoms with Crippen molar-refractivity contribution in [2.24, 2.45) is 0 Å². The zero-order chi connectivity index (χ0) is 9.90. The van der Waals surface area contributed by atoms with Gasteiger partial charge in [-0.1, -0.05) is 0 Å². The highest BCUT2D eigenvalue weighted by Crippen LogP contribution is 2.14. The third-order valence-corrected chi connectivity index (χ3v) is 3.86. The molecule has 1 fully saturated rings. The normalized spacial score (nSPS) is 20.2. The molecule has 0 aromatic heterocycles. The Hall–Kier alpha value is -0.170. The van der Waals surface area contributed by atoms with Crippen molar-refractivity contribution in [3.05, 3.63) is 0 Å². The van der Waals surface area contributed by atoms with Gasteiger partial charge in [0.1, 0.15) is 0 Å². The Morgan fingerprint density at radius 2 is 2.15 bits per heavy atom. The maximum atomic E-state index is 11.4. The molecule has 6 heteroatoms. The van der Waals surface area contributed by atoms with Crippen molar-refractivity contribution in [2.45, 2.75) is 12.5 Å². The molecular weight excluding hydrogens is 194 g/mol. The molecule has 1 heterocycles. The fourth-order valence-corrected chi connectivity index (χ4v) is 2.70. The molecule has 5 nitrogen and oxygen atoms in total. The van der Waals surface area contributed by atoms with Gasteiger partial charge in [-0.3, -0.25) is 0 Å². The topological polar surface area (TPSA) is 66.8 Å². The van der Waals surface area contributed by atoms with Crippen LogP contribution in [0.2, 0.25) is 0 Å². The molecule has 0 radical (unpaired) electrons. The molecule has 0 saturated carbocycles. The molecule has 0 spiro atoms. The van der Waals surface area contributed by atoms with Gasteiger partial charge in [-0.05, 0) is 6.42 Å². The van der Waals surface area contributed by atoms with E-state index >= 15 is 0 Å². The average Bonchev–Trinajstić information content (AvgIpc) is 1.99. The van der Waals surface area contributed by atoms with Crippen LogP contribution in [0.5, 0.6) is 0 Å². The second-order valence-corrected chi connectivity index (χ2v) is 5.22. The summed E-state index contributed by atoms with van der Waals surface area (Å²) in [4.78, 5) is 0. The first-order chi connectivity index (χ1) is 6.06. The summed E-state index contributed by atoms with van der Waals surface area (Å²) in [6, 6.07) is 0. The van der Waals surface area contributed by atoms with Crippen LogP contribution in [-0.4, -0.2) is 56.5 Å². The van der Waals surface area contributed by atoms with Crippen LogP contribution in [-0.2, 0) is 14.8 Å². The molecule has 0 aliphatic carbocycles. The minimum absolute atomic E-state index is 0.105. The fourth-order valence-electron chi connectivity index (χ4n) is 1.16. The molecule has 1 N–H and O–H groups in total. The second kappa shape index (κ2) is 4.36. The first-order valence-corrected chi connectivity index (χ1v) is 5.82. The minimum atomic E-state index is -3.14. The molecule has 78 valence electrons. The van der Waals surface area contributed by atoms with Crippen LogP contribution in [0.25, 0.3) is 0 Å². The molecule has 1 saturated heterocycles. The van der Waals surface area contributed by atoms with Crippen LogP contribution in [0.4, 0.5) is 0 Å². The summed E-state index contributed by atoms with van der Waals surface area (Å²) in [5.41, 5.74) is 0. The monoisotopic (exact) mass is 209 g/mol. The number of nitrogens with zero attached hydrogens (tertiary/aromatic N) is 1. The summed E-state index contributed by atoms with van der Waals surface area (Å²) in [5.74, 6) is 0.105. The van der Waals surface area contributed by atoms with Gasteiger partial charge in [0.05, 0.1) is 11.9 Å². The molecule has 0 aromatic carbocycles. The summed E-state index contributed by atoms with van der Waals surface area (Å²) in [5, 5.41) is 8.92. The Morgan fingerprint density at radius 3 is 2.62 bits per heavy atom. The molecule has 13 heavy (non-hydrogen) atoms. The van der Waals surface area contributed by atoms with E-state index in [1.807, 2.05) is 0 Å². The summed E-state index contributed by atoms with van der Waals surface area (Å²) < 4.78 is 28.8. The minimum Gasteiger partial charge on any atom is -0.390 e. The molecule has 0 aromatic rings. The van der Waals surface area contributed by atoms with Crippen molar-refractivity contribution in [3.8, 4) is 0 Å². The van der Waals surface area contributed by atoms with E-state index in [4.69, 9.17) is 9.84 Å². The highest BCUT2D eigenvalue weighted by molar-refractivity contribution is 7.89. The Balaban J connectivity index is 2.30. The Kier molecular flexibility index (Phi) is 3.66. The van der Waals surface area contributed by atoms with Crippen molar-refractivity contribution >= 4 is 10.0 Å². The van der Waals surface area contributed by atoms with Gasteiger partial charge < -0.3 is 9.84 Å². The number of hydrogen-bond donors (Lipinski definition) is 1. The Bertz CT molecular complexity index is 245. The van der Waals surface area contributed by atoms with Crippen LogP contribution in [0.1, 0.15) is 6.42 Å². The maximum Gasteiger partial charge on any atom is 0.214 e. The molecule has 1 aliphatic rings. The number of aliphatic hydroxyl groups is 1. The molecule has 0 bridgehead atoms. The van der Waals surface area contributed by atoms with E-state index in [9.17, 15) is 8.42 Å². The van der Waals surface area contributed by atoms with Crippen LogP contribution in [0.3, 0.4) is 0 Å². The average molecular weight is 209 g/mol. The van der Waals surface area contributed by atoms with E-state index in [2.05, 4.69) is 0 Å². The van der Waals surface area contributed by atoms with Gasteiger partial charge in [0.15, 0.2) is 0 Å². The van der Waals surface area contributed by atoms with Crippen molar-refractivity contribution in [1.82, 2.24) is 4.31 Å². The fraction of sp³-hybridized carbons (Fsp3) is 1.00. The zero-order valence-corrected chi connectivity index (χ0v) is 8.46. The van der Waals surface area contributed by atoms with Gasteiger partial charge in [0.25, 0.3) is 0 Å². The molecule has 0 unspecified atom stereocenters. The lowest BCUT2D eigenvalue weighted by atomic mass is 10.2. The molecular formula is C7H15NO4S. The number of ether oxygens (including phenoxy) is 1. The van der Waals surface area contributed by atoms with Crippen molar-refractivity contribution in [2.75, 3.05) is 32.6 Å². The van der Waals surface area contributed by atoms with E-state index in [1.54, 1.807) is 7.11 Å². The standard InChI is InChI=1S/C7H15NO4S/c1-12-3-2-4-13(10,11)8-5-7(9)6-8/h7,9H,2-6H2,1H3. The second-order valence-electron chi connectivity index (χ2n) is 3.13. The summed E-state index contributed by atoms with van der Waals surface area (Å²) in [7, 11) is -1.59. The lowest BCUT2D eigenvalue weighted by Gasteiger charge is -2.34. The van der Waals surface area contributed by atoms with Gasteiger partial charge in [0.2, 0.25) is 10.0 Å². The number of aliphatic hydroxyl groups excluding tert-OH is 1. The van der Waals surface area contributed by atoms with Gasteiger partial charge >= 0.3 is 0 Å². The van der Waals surface area contributed by atoms with E-state index in [0.29, 0.717) is 13.0 Å². The molecule has 0 atom stereocenters. The largest absolute Gasteiger partial charge is 0.390 e. The van der Waals surface area contributed by atoms with E-state index < -0.39 is 16.1 Å². The van der Waals surface area contributed by atoms with Gasteiger partial charge in [-0.2, -0.15) is 4.31 Å². The van der Waals surface area contributed by atoms with Gasteiger partial charge in [0, 0.05) is 26.8 Å². The highest BCUT2D eigenvalue weighted by atomic mass is 32.2. The lowest BCUT2D eigenvalue weighted by Crippen LogP contribution is -2.54. The maximum absolute atomic E-state index is 11.4. The SMILES string of the molecule is COCCCS(=O)(=O)N1CC(O)C1. The third kappa shape index (κ3) is 2.91. The van der Waals surface area contributed by atoms with Crippen LogP contribution >= 0.6 is 0 Å². The van der Waals surface area contributed by atoms with E-state index in [0.717, 1.165) is 0 Å². The summed E-state index contributed by atoms with van der Waals surface area (Å²) >= 11 is 0.